The van der Waals surface area contributed by atoms with Crippen molar-refractivity contribution in [2.24, 2.45) is 0 Å². The van der Waals surface area contributed by atoms with E-state index in [-0.39, 0.29) is 5.57 Å². The van der Waals surface area contributed by atoms with Gasteiger partial charge in [0.15, 0.2) is 0 Å². The predicted octanol–water partition coefficient (Wildman–Crippen LogP) is 6.38. The number of aryl methyl sites for hydroxylation is 1. The molecule has 0 bridgehead atoms. The fraction of sp³-hybridized carbons (Fsp3) is 0.0833. The molecule has 1 amide bonds. The molecule has 0 atom stereocenters. The first kappa shape index (κ1) is 21.9. The van der Waals surface area contributed by atoms with E-state index in [0.29, 0.717) is 17.3 Å². The molecule has 0 aromatic heterocycles. The van der Waals surface area contributed by atoms with Crippen molar-refractivity contribution in [3.05, 3.63) is 97.6 Å². The largest absolute Gasteiger partial charge is 0.488 e. The minimum atomic E-state index is -0.491. The first-order valence-corrected chi connectivity index (χ1v) is 10.6. The second-order valence-corrected chi connectivity index (χ2v) is 8.20. The molecule has 0 saturated carbocycles. The molecular weight excluding hydrogens is 511 g/mol. The van der Waals surface area contributed by atoms with Gasteiger partial charge in [0.1, 0.15) is 24.0 Å². The molecular formula is C24H18ClIN2O2. The van der Waals surface area contributed by atoms with Crippen LogP contribution in [-0.2, 0) is 11.4 Å². The van der Waals surface area contributed by atoms with Crippen LogP contribution >= 0.6 is 34.2 Å². The maximum absolute atomic E-state index is 12.4. The maximum Gasteiger partial charge on any atom is 0.266 e. The van der Waals surface area contributed by atoms with Crippen LogP contribution in [0.4, 0.5) is 5.69 Å². The Labute approximate surface area is 194 Å². The summed E-state index contributed by atoms with van der Waals surface area (Å²) in [6.45, 7) is 2.52. The van der Waals surface area contributed by atoms with Gasteiger partial charge in [-0.1, -0.05) is 53.6 Å². The Hall–Kier alpha value is -2.82. The van der Waals surface area contributed by atoms with E-state index in [1.54, 1.807) is 30.3 Å². The predicted molar refractivity (Wildman–Crippen MR) is 128 cm³/mol. The monoisotopic (exact) mass is 528 g/mol. The molecule has 1 N–H and O–H groups in total. The molecule has 0 aliphatic rings. The lowest BCUT2D eigenvalue weighted by Crippen LogP contribution is -2.13. The number of carbonyl (C=O) groups is 1. The molecule has 3 aromatic rings. The fourth-order valence-electron chi connectivity index (χ4n) is 2.77. The summed E-state index contributed by atoms with van der Waals surface area (Å²) in [5.41, 5.74) is 3.55. The highest BCUT2D eigenvalue weighted by Crippen LogP contribution is 2.25. The SMILES string of the molecule is Cc1cccc(COc2ccc(/C=C(\C#N)C(=O)Nc3cccc(Cl)c3)cc2I)c1. The van der Waals surface area contributed by atoms with Crippen molar-refractivity contribution >= 4 is 51.9 Å². The molecule has 3 rings (SSSR count). The summed E-state index contributed by atoms with van der Waals surface area (Å²) in [6, 6.07) is 22.4. The molecule has 3 aromatic carbocycles. The summed E-state index contributed by atoms with van der Waals surface area (Å²) in [5.74, 6) is 0.255. The van der Waals surface area contributed by atoms with Crippen LogP contribution in [0.5, 0.6) is 5.75 Å². The lowest BCUT2D eigenvalue weighted by atomic mass is 10.1. The van der Waals surface area contributed by atoms with Gasteiger partial charge in [0.25, 0.3) is 5.91 Å². The minimum Gasteiger partial charge on any atom is -0.488 e. The van der Waals surface area contributed by atoms with Gasteiger partial charge in [0, 0.05) is 10.7 Å². The van der Waals surface area contributed by atoms with Crippen LogP contribution in [0.15, 0.2) is 72.3 Å². The Morgan fingerprint density at radius 1 is 1.17 bits per heavy atom. The van der Waals surface area contributed by atoms with Gasteiger partial charge in [-0.25, -0.2) is 0 Å². The number of ether oxygens (including phenoxy) is 1. The number of nitrogens with one attached hydrogen (secondary N) is 1. The normalized spacial score (nSPS) is 10.9. The van der Waals surface area contributed by atoms with E-state index in [0.717, 1.165) is 20.4 Å². The van der Waals surface area contributed by atoms with Crippen LogP contribution in [0.2, 0.25) is 5.02 Å². The molecule has 0 fully saturated rings. The summed E-state index contributed by atoms with van der Waals surface area (Å²) in [7, 11) is 0. The average molecular weight is 529 g/mol. The lowest BCUT2D eigenvalue weighted by molar-refractivity contribution is -0.112. The van der Waals surface area contributed by atoms with Crippen molar-refractivity contribution in [3.63, 3.8) is 0 Å². The number of nitrogens with zero attached hydrogens (tertiary/aromatic N) is 1. The van der Waals surface area contributed by atoms with Gasteiger partial charge in [-0.05, 0) is 77.0 Å². The molecule has 0 unspecified atom stereocenters. The number of hydrogen-bond donors (Lipinski definition) is 1. The number of hydrogen-bond acceptors (Lipinski definition) is 3. The van der Waals surface area contributed by atoms with Crippen molar-refractivity contribution < 1.29 is 9.53 Å². The number of carbonyl (C=O) groups excluding carboxylic acids is 1. The second kappa shape index (κ2) is 10.3. The third-order valence-corrected chi connectivity index (χ3v) is 5.27. The maximum atomic E-state index is 12.4. The Morgan fingerprint density at radius 3 is 2.67 bits per heavy atom. The molecule has 6 heteroatoms. The van der Waals surface area contributed by atoms with Crippen molar-refractivity contribution in [1.29, 1.82) is 5.26 Å². The van der Waals surface area contributed by atoms with Gasteiger partial charge >= 0.3 is 0 Å². The topological polar surface area (TPSA) is 62.1 Å². The fourth-order valence-corrected chi connectivity index (χ4v) is 3.65. The first-order chi connectivity index (χ1) is 14.4. The summed E-state index contributed by atoms with van der Waals surface area (Å²) in [4.78, 5) is 12.4. The number of benzene rings is 3. The van der Waals surface area contributed by atoms with Crippen molar-refractivity contribution in [3.8, 4) is 11.8 Å². The highest BCUT2D eigenvalue weighted by Gasteiger charge is 2.11. The number of amides is 1. The van der Waals surface area contributed by atoms with E-state index in [9.17, 15) is 10.1 Å². The number of nitriles is 1. The minimum absolute atomic E-state index is 0.000736. The number of anilines is 1. The Bertz CT molecular complexity index is 1150. The smallest absolute Gasteiger partial charge is 0.266 e. The van der Waals surface area contributed by atoms with Gasteiger partial charge in [-0.15, -0.1) is 0 Å². The van der Waals surface area contributed by atoms with Crippen LogP contribution in [-0.4, -0.2) is 5.91 Å². The Kier molecular flexibility index (Phi) is 7.50. The molecule has 0 saturated heterocycles. The Morgan fingerprint density at radius 2 is 1.97 bits per heavy atom. The van der Waals surface area contributed by atoms with Gasteiger partial charge in [0.2, 0.25) is 0 Å². The highest BCUT2D eigenvalue weighted by atomic mass is 127. The molecule has 0 heterocycles. The molecule has 0 aliphatic carbocycles. The van der Waals surface area contributed by atoms with E-state index < -0.39 is 5.91 Å². The molecule has 0 aliphatic heterocycles. The molecule has 4 nitrogen and oxygen atoms in total. The zero-order valence-electron chi connectivity index (χ0n) is 16.2. The van der Waals surface area contributed by atoms with Gasteiger partial charge in [-0.3, -0.25) is 4.79 Å². The summed E-state index contributed by atoms with van der Waals surface area (Å²) < 4.78 is 6.81. The summed E-state index contributed by atoms with van der Waals surface area (Å²) >= 11 is 8.11. The van der Waals surface area contributed by atoms with E-state index in [1.165, 1.54) is 5.56 Å². The third-order valence-electron chi connectivity index (χ3n) is 4.19. The summed E-state index contributed by atoms with van der Waals surface area (Å²) in [6.07, 6.45) is 1.55. The zero-order valence-corrected chi connectivity index (χ0v) is 19.1. The third kappa shape index (κ3) is 6.09. The first-order valence-electron chi connectivity index (χ1n) is 9.11. The Balaban J connectivity index is 1.71. The van der Waals surface area contributed by atoms with E-state index >= 15 is 0 Å². The highest BCUT2D eigenvalue weighted by molar-refractivity contribution is 14.1. The molecule has 0 radical (unpaired) electrons. The van der Waals surface area contributed by atoms with E-state index in [4.69, 9.17) is 16.3 Å². The van der Waals surface area contributed by atoms with Crippen LogP contribution in [0.1, 0.15) is 16.7 Å². The number of halogens is 2. The van der Waals surface area contributed by atoms with Gasteiger partial charge in [-0.2, -0.15) is 5.26 Å². The van der Waals surface area contributed by atoms with Gasteiger partial charge < -0.3 is 10.1 Å². The summed E-state index contributed by atoms with van der Waals surface area (Å²) in [5, 5.41) is 12.6. The zero-order chi connectivity index (χ0) is 21.5. The second-order valence-electron chi connectivity index (χ2n) is 6.60. The van der Waals surface area contributed by atoms with Crippen LogP contribution in [0.3, 0.4) is 0 Å². The van der Waals surface area contributed by atoms with Crippen LogP contribution < -0.4 is 10.1 Å². The average Bonchev–Trinajstić information content (AvgIpc) is 2.71. The van der Waals surface area contributed by atoms with E-state index in [1.807, 2.05) is 49.4 Å². The molecule has 30 heavy (non-hydrogen) atoms. The quantitative estimate of drug-likeness (QED) is 0.229. The lowest BCUT2D eigenvalue weighted by Gasteiger charge is -2.10. The standard InChI is InChI=1S/C24H18ClIN2O2/c1-16-4-2-5-18(10-16)15-30-23-9-8-17(12-22(23)26)11-19(14-27)24(29)28-21-7-3-6-20(25)13-21/h2-13H,15H2,1H3,(H,28,29)/b19-11+. The van der Waals surface area contributed by atoms with Crippen molar-refractivity contribution in [2.75, 3.05) is 5.32 Å². The van der Waals surface area contributed by atoms with Gasteiger partial charge in [0.05, 0.1) is 3.57 Å². The number of rotatable bonds is 6. The van der Waals surface area contributed by atoms with Crippen molar-refractivity contribution in [1.82, 2.24) is 0 Å². The van der Waals surface area contributed by atoms with Crippen molar-refractivity contribution in [2.45, 2.75) is 13.5 Å². The van der Waals surface area contributed by atoms with Crippen LogP contribution in [0.25, 0.3) is 6.08 Å². The van der Waals surface area contributed by atoms with E-state index in [2.05, 4.69) is 34.0 Å². The molecule has 0 spiro atoms. The molecule has 150 valence electrons. The van der Waals surface area contributed by atoms with Crippen LogP contribution in [0, 0.1) is 21.8 Å².